The molecule has 2 aromatic rings. The van der Waals surface area contributed by atoms with Crippen molar-refractivity contribution in [2.45, 2.75) is 69.9 Å². The highest BCUT2D eigenvalue weighted by molar-refractivity contribution is 8.56. The third-order valence-electron chi connectivity index (χ3n) is 6.72. The lowest BCUT2D eigenvalue weighted by atomic mass is 9.96. The van der Waals surface area contributed by atoms with Crippen molar-refractivity contribution < 1.29 is 47.9 Å². The fourth-order valence-corrected chi connectivity index (χ4v) is 8.29. The zero-order valence-corrected chi connectivity index (χ0v) is 26.0. The van der Waals surface area contributed by atoms with Gasteiger partial charge in [-0.3, -0.25) is 23.6 Å². The van der Waals surface area contributed by atoms with Crippen LogP contribution in [0.2, 0.25) is 0 Å². The molecule has 20 heteroatoms. The second-order valence-corrected chi connectivity index (χ2v) is 14.8. The number of aliphatic hydroxyl groups is 2. The molecule has 0 saturated carbocycles. The maximum atomic E-state index is 14.0. The van der Waals surface area contributed by atoms with E-state index in [0.717, 1.165) is 4.90 Å². The number of aliphatic hydroxyl groups excluding tert-OH is 1. The molecule has 2 fully saturated rings. The quantitative estimate of drug-likeness (QED) is 0.114. The van der Waals surface area contributed by atoms with Gasteiger partial charge in [-0.1, -0.05) is 11.4 Å². The van der Waals surface area contributed by atoms with E-state index in [9.17, 15) is 29.2 Å². The number of nitrogens with two attached hydrogens (primary N) is 1. The van der Waals surface area contributed by atoms with E-state index in [1.165, 1.54) is 38.9 Å². The van der Waals surface area contributed by atoms with Gasteiger partial charge >= 0.3 is 18.7 Å². The number of amides is 3. The molecule has 0 aliphatic carbocycles. The van der Waals surface area contributed by atoms with Crippen LogP contribution in [0.3, 0.4) is 0 Å². The number of anilines is 1. The number of imidazole rings is 1. The second-order valence-electron chi connectivity index (χ2n) is 10.4. The van der Waals surface area contributed by atoms with Crippen LogP contribution in [0.5, 0.6) is 5.88 Å². The van der Waals surface area contributed by atoms with Gasteiger partial charge in [0, 0.05) is 12.8 Å². The molecule has 43 heavy (non-hydrogen) atoms. The zero-order chi connectivity index (χ0) is 31.9. The summed E-state index contributed by atoms with van der Waals surface area (Å²) >= 11 is 0.677. The second kappa shape index (κ2) is 12.5. The van der Waals surface area contributed by atoms with Gasteiger partial charge in [0.25, 0.3) is 5.91 Å². The molecule has 0 spiro atoms. The molecule has 2 saturated heterocycles. The first-order chi connectivity index (χ1) is 20.1. The fraction of sp³-hybridized carbons (Fsp3) is 0.652. The van der Waals surface area contributed by atoms with Gasteiger partial charge in [0.15, 0.2) is 17.4 Å². The molecule has 7 atom stereocenters. The number of likely N-dealkylation sites (N-methyl/N-ethyl adjacent to an activating group) is 1. The number of rotatable bonds is 12. The van der Waals surface area contributed by atoms with Crippen LogP contribution in [-0.4, -0.2) is 115 Å². The van der Waals surface area contributed by atoms with E-state index >= 15 is 0 Å². The highest BCUT2D eigenvalue weighted by Gasteiger charge is 2.54. The summed E-state index contributed by atoms with van der Waals surface area (Å²) in [6.45, 7) is 1.49. The highest BCUT2D eigenvalue weighted by atomic mass is 32.7. The van der Waals surface area contributed by atoms with Gasteiger partial charge in [0.1, 0.15) is 29.9 Å². The number of hydrogen-bond acceptors (Lipinski definition) is 15. The van der Waals surface area contributed by atoms with Gasteiger partial charge in [-0.05, 0) is 27.7 Å². The first kappa shape index (κ1) is 32.8. The topological polar surface area (TPSA) is 243 Å². The Morgan fingerprint density at radius 2 is 2.05 bits per heavy atom. The lowest BCUT2D eigenvalue weighted by molar-refractivity contribution is -0.149. The molecule has 3 amide bonds. The molecule has 4 heterocycles. The number of imide groups is 1. The first-order valence-corrected chi connectivity index (χ1v) is 16.3. The average molecular weight is 647 g/mol. The molecule has 0 aromatic carbocycles. The predicted octanol–water partition coefficient (Wildman–Crippen LogP) is -0.236. The minimum absolute atomic E-state index is 0.0941. The van der Waals surface area contributed by atoms with E-state index in [1.54, 1.807) is 13.8 Å². The molecule has 6 N–H and O–H groups in total. The molecule has 0 bridgehead atoms. The Hall–Kier alpha value is -3.06. The fourth-order valence-electron chi connectivity index (χ4n) is 4.43. The molecule has 0 radical (unpaired) electrons. The smallest absolute Gasteiger partial charge is 0.327 e. The van der Waals surface area contributed by atoms with E-state index < -0.39 is 73.5 Å². The van der Waals surface area contributed by atoms with Crippen LogP contribution in [0.25, 0.3) is 11.2 Å². The summed E-state index contributed by atoms with van der Waals surface area (Å²) in [7, 11) is 2.68. The molecule has 2 aliphatic rings. The van der Waals surface area contributed by atoms with Crippen molar-refractivity contribution >= 4 is 53.1 Å². The lowest BCUT2D eigenvalue weighted by Crippen LogP contribution is -2.44. The Labute approximate surface area is 250 Å². The van der Waals surface area contributed by atoms with E-state index in [1.807, 2.05) is 0 Å². The van der Waals surface area contributed by atoms with Crippen molar-refractivity contribution in [3.63, 3.8) is 0 Å². The standard InChI is InChI=1S/C23H35N8O10PS/c1-10(2)40-19(34)11(3)29-42(37,43-8-12-18(33)30(5)22(35)26-12)39-7-13-15(32)23(4,36)20(41-13)31-9-25-14-16(31)27-21(24)28-17(14)38-6/h9-13,15,20,32,36H,7-8H2,1-6H3,(H,26,35)(H,29,37)(H2,24,27,28)/t11-,12+,13-,15-,20-,23-,42-/m1/s1. The summed E-state index contributed by atoms with van der Waals surface area (Å²) in [4.78, 5) is 49.9. The van der Waals surface area contributed by atoms with Crippen LogP contribution in [0.4, 0.5) is 10.7 Å². The van der Waals surface area contributed by atoms with Crippen molar-refractivity contribution in [1.29, 1.82) is 0 Å². The maximum absolute atomic E-state index is 14.0. The van der Waals surface area contributed by atoms with Crippen molar-refractivity contribution in [1.82, 2.24) is 34.8 Å². The van der Waals surface area contributed by atoms with Crippen LogP contribution in [0.15, 0.2) is 6.33 Å². The van der Waals surface area contributed by atoms with E-state index in [4.69, 9.17) is 24.5 Å². The number of ether oxygens (including phenoxy) is 3. The number of nitrogen functional groups attached to an aromatic ring is 1. The number of urea groups is 1. The number of nitrogens with zero attached hydrogens (tertiary/aromatic N) is 5. The van der Waals surface area contributed by atoms with Crippen LogP contribution < -0.4 is 20.9 Å². The zero-order valence-electron chi connectivity index (χ0n) is 24.3. The number of fused-ring (bicyclic) bond motifs is 1. The molecule has 4 rings (SSSR count). The summed E-state index contributed by atoms with van der Waals surface area (Å²) in [6, 6.07) is -2.70. The summed E-state index contributed by atoms with van der Waals surface area (Å²) in [5.74, 6) is -1.42. The highest BCUT2D eigenvalue weighted by Crippen LogP contribution is 2.57. The minimum Gasteiger partial charge on any atom is -0.479 e. The predicted molar refractivity (Wildman–Crippen MR) is 152 cm³/mol. The van der Waals surface area contributed by atoms with Crippen molar-refractivity contribution in [3.8, 4) is 5.88 Å². The van der Waals surface area contributed by atoms with E-state index in [2.05, 4.69) is 25.4 Å². The Balaban J connectivity index is 1.53. The lowest BCUT2D eigenvalue weighted by Gasteiger charge is -2.27. The Morgan fingerprint density at radius 3 is 2.65 bits per heavy atom. The molecular weight excluding hydrogens is 611 g/mol. The summed E-state index contributed by atoms with van der Waals surface area (Å²) < 4.78 is 37.4. The van der Waals surface area contributed by atoms with Gasteiger partial charge in [-0.25, -0.2) is 14.9 Å². The number of carbonyl (C=O) groups excluding carboxylic acids is 3. The van der Waals surface area contributed by atoms with Crippen LogP contribution in [0.1, 0.15) is 33.9 Å². The van der Waals surface area contributed by atoms with Gasteiger partial charge in [0.2, 0.25) is 11.8 Å². The van der Waals surface area contributed by atoms with E-state index in [-0.39, 0.29) is 28.7 Å². The van der Waals surface area contributed by atoms with Gasteiger partial charge in [-0.2, -0.15) is 9.97 Å². The Kier molecular flexibility index (Phi) is 9.55. The van der Waals surface area contributed by atoms with Crippen molar-refractivity contribution in [3.05, 3.63) is 6.33 Å². The summed E-state index contributed by atoms with van der Waals surface area (Å²) in [6.07, 6.45) is -3.16. The number of hydrogen-bond donors (Lipinski definition) is 5. The van der Waals surface area contributed by atoms with Crippen LogP contribution in [0, 0.1) is 0 Å². The number of methoxy groups -OCH3 is 1. The molecule has 238 valence electrons. The molecule has 2 aromatic heterocycles. The number of esters is 1. The summed E-state index contributed by atoms with van der Waals surface area (Å²) in [5, 5.41) is 27.4. The number of carbonyl (C=O) groups is 3. The maximum Gasteiger partial charge on any atom is 0.327 e. The monoisotopic (exact) mass is 646 g/mol. The normalized spacial score (nSPS) is 27.9. The molecule has 18 nitrogen and oxygen atoms in total. The van der Waals surface area contributed by atoms with Crippen LogP contribution >= 0.6 is 18.1 Å². The van der Waals surface area contributed by atoms with Gasteiger partial charge < -0.3 is 40.0 Å². The van der Waals surface area contributed by atoms with Gasteiger partial charge in [0.05, 0.1) is 26.1 Å². The first-order valence-electron chi connectivity index (χ1n) is 13.1. The van der Waals surface area contributed by atoms with Crippen LogP contribution in [-0.2, 0) is 28.2 Å². The summed E-state index contributed by atoms with van der Waals surface area (Å²) in [5.41, 5.74) is 4.27. The van der Waals surface area contributed by atoms with Crippen molar-refractivity contribution in [2.75, 3.05) is 32.3 Å². The number of nitrogens with one attached hydrogen (secondary N) is 2. The Bertz CT molecular complexity index is 1440. The third kappa shape index (κ3) is 6.72. The molecule has 2 aliphatic heterocycles. The SMILES string of the molecule is COc1nc(N)nc2c1ncn2[C@@H]1O[C@H](CO[P@](=O)(N[C@H](C)C(=O)OC(C)C)SC[C@@H]2NC(=O)N(C)C2=O)[C@@H](O)[C@@]1(C)O. The molecular formula is C23H35N8O10PS. The number of aromatic nitrogens is 4. The van der Waals surface area contributed by atoms with E-state index in [0.29, 0.717) is 11.4 Å². The van der Waals surface area contributed by atoms with Crippen molar-refractivity contribution in [2.24, 2.45) is 0 Å². The average Bonchev–Trinajstić information content (AvgIpc) is 3.53. The minimum atomic E-state index is -4.05. The largest absolute Gasteiger partial charge is 0.479 e. The third-order valence-corrected chi connectivity index (χ3v) is 10.8. The Morgan fingerprint density at radius 1 is 1.35 bits per heavy atom. The van der Waals surface area contributed by atoms with Gasteiger partial charge in [-0.15, -0.1) is 0 Å². The molecule has 0 unspecified atom stereocenters.